The molecule has 0 saturated carbocycles. The molecular weight excluding hydrogens is 294 g/mol. The molecule has 23 heavy (non-hydrogen) atoms. The van der Waals surface area contributed by atoms with Gasteiger partial charge in [0.05, 0.1) is 12.5 Å². The van der Waals surface area contributed by atoms with Crippen LogP contribution in [-0.2, 0) is 16.1 Å². The van der Waals surface area contributed by atoms with Crippen LogP contribution in [0.4, 0.5) is 0 Å². The molecule has 2 unspecified atom stereocenters. The van der Waals surface area contributed by atoms with Crippen molar-refractivity contribution < 1.29 is 24.7 Å². The topological polar surface area (TPSA) is 80.7 Å². The lowest BCUT2D eigenvalue weighted by atomic mass is 9.81. The fourth-order valence-electron chi connectivity index (χ4n) is 2.56. The molecule has 1 rings (SSSR count). The summed E-state index contributed by atoms with van der Waals surface area (Å²) in [4.78, 5) is 14.5. The second-order valence-electron chi connectivity index (χ2n) is 6.24. The first-order valence-corrected chi connectivity index (χ1v) is 7.97. The van der Waals surface area contributed by atoms with Crippen LogP contribution in [0.25, 0.3) is 0 Å². The van der Waals surface area contributed by atoms with E-state index >= 15 is 0 Å². The molecule has 5 heteroatoms. The highest BCUT2D eigenvalue weighted by Gasteiger charge is 2.35. The predicted molar refractivity (Wildman–Crippen MR) is 88.9 cm³/mol. The minimum Gasteiger partial charge on any atom is -0.430 e. The summed E-state index contributed by atoms with van der Waals surface area (Å²) in [5.41, 5.74) is 0.942. The van der Waals surface area contributed by atoms with Gasteiger partial charge in [-0.05, 0) is 12.5 Å². The van der Waals surface area contributed by atoms with Crippen molar-refractivity contribution in [1.29, 1.82) is 0 Å². The zero-order chi connectivity index (χ0) is 17.4. The zero-order valence-corrected chi connectivity index (χ0v) is 14.3. The monoisotopic (exact) mass is 322 g/mol. The van der Waals surface area contributed by atoms with Crippen molar-refractivity contribution in [2.75, 3.05) is 6.61 Å². The molecule has 0 bridgehead atoms. The second kappa shape index (κ2) is 9.30. The summed E-state index contributed by atoms with van der Waals surface area (Å²) in [6.07, 6.45) is -0.290. The first kappa shape index (κ1) is 19.2. The van der Waals surface area contributed by atoms with Gasteiger partial charge in [0.15, 0.2) is 6.04 Å². The van der Waals surface area contributed by atoms with Crippen LogP contribution in [0.1, 0.15) is 33.3 Å². The number of hydrogen-bond acceptors (Lipinski definition) is 3. The number of Topliss-reactive ketones (excluding diaryl/α,β-unsaturated/α-hetero) is 1. The molecule has 0 fully saturated rings. The average Bonchev–Trinajstić information content (AvgIpc) is 2.53. The fourth-order valence-corrected chi connectivity index (χ4v) is 2.56. The van der Waals surface area contributed by atoms with Crippen molar-refractivity contribution in [2.45, 2.75) is 40.3 Å². The van der Waals surface area contributed by atoms with Gasteiger partial charge in [-0.15, -0.1) is 0 Å². The highest BCUT2D eigenvalue weighted by atomic mass is 16.6. The molecular formula is C18H28NO4+. The lowest BCUT2D eigenvalue weighted by Gasteiger charge is -2.25. The maximum absolute atomic E-state index is 11.6. The molecule has 0 aliphatic rings. The first-order chi connectivity index (χ1) is 10.9. The summed E-state index contributed by atoms with van der Waals surface area (Å²) in [6.45, 7) is 7.36. The minimum absolute atomic E-state index is 0.0150. The van der Waals surface area contributed by atoms with E-state index in [-0.39, 0.29) is 48.9 Å². The summed E-state index contributed by atoms with van der Waals surface area (Å²) in [6, 6.07) is 9.25. The normalized spacial score (nSPS) is 16.0. The lowest BCUT2D eigenvalue weighted by Crippen LogP contribution is -2.84. The van der Waals surface area contributed by atoms with Crippen LogP contribution < -0.4 is 4.99 Å². The Kier molecular flexibility index (Phi) is 7.75. The molecule has 0 amide bonds. The molecule has 1 aromatic carbocycles. The van der Waals surface area contributed by atoms with E-state index in [1.165, 1.54) is 6.92 Å². The molecule has 3 atom stereocenters. The molecule has 5 nitrogen and oxygen atoms in total. The molecule has 0 radical (unpaired) electrons. The van der Waals surface area contributed by atoms with E-state index < -0.39 is 0 Å². The highest BCUT2D eigenvalue weighted by Crippen LogP contribution is 2.19. The number of nitrogens with one attached hydrogen (secondary N) is 1. The molecule has 0 saturated heterocycles. The Morgan fingerprint density at radius 2 is 1.83 bits per heavy atom. The lowest BCUT2D eigenvalue weighted by molar-refractivity contribution is -0.543. The predicted octanol–water partition coefficient (Wildman–Crippen LogP) is 1.06. The van der Waals surface area contributed by atoms with Gasteiger partial charge in [-0.1, -0.05) is 51.1 Å². The summed E-state index contributed by atoms with van der Waals surface area (Å²) >= 11 is 0. The van der Waals surface area contributed by atoms with Gasteiger partial charge in [-0.25, -0.2) is 0 Å². The Balaban J connectivity index is 2.81. The number of carbonyl (C=O) groups excluding carboxylic acids is 1. The molecule has 0 aliphatic heterocycles. The second-order valence-corrected chi connectivity index (χ2v) is 6.24. The Morgan fingerprint density at radius 1 is 1.22 bits per heavy atom. The van der Waals surface area contributed by atoms with Crippen LogP contribution >= 0.6 is 0 Å². The fraction of sp³-hybridized carbons (Fsp3) is 0.556. The number of carbonyl (C=O) groups is 1. The van der Waals surface area contributed by atoms with Gasteiger partial charge in [0.1, 0.15) is 12.4 Å². The van der Waals surface area contributed by atoms with Crippen molar-refractivity contribution in [2.24, 2.45) is 17.8 Å². The SMILES string of the molecule is CC(=O)C(C)C(CO)[C@@H]([NH+]=C(O)OCc1ccccc1)C(C)C. The third-order valence-corrected chi connectivity index (χ3v) is 4.18. The number of benzene rings is 1. The van der Waals surface area contributed by atoms with E-state index in [1.54, 1.807) is 6.92 Å². The van der Waals surface area contributed by atoms with Gasteiger partial charge < -0.3 is 14.9 Å². The van der Waals surface area contributed by atoms with E-state index in [9.17, 15) is 15.0 Å². The number of ketones is 1. The average molecular weight is 322 g/mol. The summed E-state index contributed by atoms with van der Waals surface area (Å²) in [5.74, 6) is -0.477. The van der Waals surface area contributed by atoms with Gasteiger partial charge in [-0.3, -0.25) is 4.79 Å². The Labute approximate surface area is 138 Å². The standard InChI is InChI=1S/C18H27NO4/c1-12(2)17(16(10-20)13(3)14(4)21)19-18(22)23-11-15-8-6-5-7-9-15/h5-9,12-13,16-17,20H,10-11H2,1-4H3,(H,19,22)/p+1/t13?,16?,17-/m0/s1. The maximum atomic E-state index is 11.6. The van der Waals surface area contributed by atoms with Gasteiger partial charge in [0, 0.05) is 11.8 Å². The van der Waals surface area contributed by atoms with Crippen LogP contribution in [0.3, 0.4) is 0 Å². The Bertz CT molecular complexity index is 513. The first-order valence-electron chi connectivity index (χ1n) is 7.97. The van der Waals surface area contributed by atoms with Crippen LogP contribution in [0.5, 0.6) is 0 Å². The van der Waals surface area contributed by atoms with E-state index in [4.69, 9.17) is 4.74 Å². The van der Waals surface area contributed by atoms with E-state index in [1.807, 2.05) is 44.2 Å². The maximum Gasteiger partial charge on any atom is 0.545 e. The molecule has 1 aromatic rings. The number of aliphatic hydroxyl groups excluding tert-OH is 2. The Hall–Kier alpha value is -1.88. The molecule has 0 heterocycles. The molecule has 0 aliphatic carbocycles. The molecule has 0 aromatic heterocycles. The minimum atomic E-state index is -0.304. The summed E-state index contributed by atoms with van der Waals surface area (Å²) < 4.78 is 5.34. The van der Waals surface area contributed by atoms with E-state index in [2.05, 4.69) is 4.99 Å². The van der Waals surface area contributed by atoms with Crippen molar-refractivity contribution in [3.63, 3.8) is 0 Å². The number of hydrogen-bond donors (Lipinski definition) is 3. The third kappa shape index (κ3) is 6.02. The zero-order valence-electron chi connectivity index (χ0n) is 14.3. The van der Waals surface area contributed by atoms with Crippen molar-refractivity contribution in [1.82, 2.24) is 0 Å². The molecule has 3 N–H and O–H groups in total. The number of ether oxygens (including phenoxy) is 1. The van der Waals surface area contributed by atoms with Crippen LogP contribution in [0.2, 0.25) is 0 Å². The van der Waals surface area contributed by atoms with Gasteiger partial charge in [-0.2, -0.15) is 4.99 Å². The quantitative estimate of drug-likeness (QED) is 0.494. The van der Waals surface area contributed by atoms with Crippen molar-refractivity contribution in [3.05, 3.63) is 35.9 Å². The van der Waals surface area contributed by atoms with Crippen LogP contribution in [-0.4, -0.2) is 34.7 Å². The largest absolute Gasteiger partial charge is 0.545 e. The highest BCUT2D eigenvalue weighted by molar-refractivity contribution is 5.78. The third-order valence-electron chi connectivity index (χ3n) is 4.18. The Morgan fingerprint density at radius 3 is 2.30 bits per heavy atom. The van der Waals surface area contributed by atoms with Gasteiger partial charge >= 0.3 is 6.08 Å². The number of rotatable bonds is 8. The van der Waals surface area contributed by atoms with Crippen LogP contribution in [0, 0.1) is 17.8 Å². The van der Waals surface area contributed by atoms with Crippen molar-refractivity contribution in [3.8, 4) is 0 Å². The molecule has 0 spiro atoms. The molecule has 128 valence electrons. The summed E-state index contributed by atoms with van der Waals surface area (Å²) in [5, 5.41) is 19.7. The van der Waals surface area contributed by atoms with E-state index in [0.29, 0.717) is 0 Å². The van der Waals surface area contributed by atoms with Gasteiger partial charge in [0.25, 0.3) is 0 Å². The van der Waals surface area contributed by atoms with E-state index in [0.717, 1.165) is 5.56 Å². The number of aliphatic hydroxyl groups is 2. The van der Waals surface area contributed by atoms with Crippen molar-refractivity contribution >= 4 is 11.9 Å². The van der Waals surface area contributed by atoms with Crippen LogP contribution in [0.15, 0.2) is 30.3 Å². The summed E-state index contributed by atoms with van der Waals surface area (Å²) in [7, 11) is 0. The smallest absolute Gasteiger partial charge is 0.430 e. The van der Waals surface area contributed by atoms with Gasteiger partial charge in [0.2, 0.25) is 0 Å².